The van der Waals surface area contributed by atoms with E-state index in [1.165, 1.54) is 6.07 Å². The number of halogens is 1. The monoisotopic (exact) mass is 217 g/mol. The Hall–Kier alpha value is -2.35. The highest BCUT2D eigenvalue weighted by Gasteiger charge is 2.15. The fourth-order valence-corrected chi connectivity index (χ4v) is 1.32. The van der Waals surface area contributed by atoms with Crippen molar-refractivity contribution in [2.45, 2.75) is 0 Å². The van der Waals surface area contributed by atoms with Crippen molar-refractivity contribution >= 4 is 5.88 Å². The molecule has 0 spiro atoms. The maximum absolute atomic E-state index is 13.4. The SMILES string of the molecule is CNc1oc(-c2ccccc2F)nc1C#N. The Kier molecular flexibility index (Phi) is 2.56. The average Bonchev–Trinajstić information content (AvgIpc) is 2.72. The second-order valence-corrected chi connectivity index (χ2v) is 3.04. The van der Waals surface area contributed by atoms with E-state index in [9.17, 15) is 4.39 Å². The van der Waals surface area contributed by atoms with Crippen molar-refractivity contribution in [3.8, 4) is 17.5 Å². The van der Waals surface area contributed by atoms with Gasteiger partial charge in [0.2, 0.25) is 17.5 Å². The van der Waals surface area contributed by atoms with Crippen LogP contribution in [0.25, 0.3) is 11.5 Å². The van der Waals surface area contributed by atoms with E-state index in [1.54, 1.807) is 25.2 Å². The minimum Gasteiger partial charge on any atom is -0.419 e. The smallest absolute Gasteiger partial charge is 0.233 e. The van der Waals surface area contributed by atoms with Crippen molar-refractivity contribution in [1.29, 1.82) is 5.26 Å². The molecule has 2 rings (SSSR count). The number of hydrogen-bond donors (Lipinski definition) is 1. The summed E-state index contributed by atoms with van der Waals surface area (Å²) in [6, 6.07) is 7.97. The van der Waals surface area contributed by atoms with Gasteiger partial charge in [0.15, 0.2) is 0 Å². The van der Waals surface area contributed by atoms with Crippen LogP contribution < -0.4 is 5.32 Å². The molecule has 0 aliphatic carbocycles. The van der Waals surface area contributed by atoms with Gasteiger partial charge >= 0.3 is 0 Å². The van der Waals surface area contributed by atoms with Crippen LogP contribution in [0.2, 0.25) is 0 Å². The molecular formula is C11H8FN3O. The summed E-state index contributed by atoms with van der Waals surface area (Å²) < 4.78 is 18.7. The lowest BCUT2D eigenvalue weighted by atomic mass is 10.2. The molecule has 0 aliphatic rings. The molecule has 0 saturated heterocycles. The van der Waals surface area contributed by atoms with Gasteiger partial charge in [-0.15, -0.1) is 0 Å². The van der Waals surface area contributed by atoms with E-state index in [-0.39, 0.29) is 23.0 Å². The molecule has 1 N–H and O–H groups in total. The zero-order valence-corrected chi connectivity index (χ0v) is 8.49. The number of nitrogens with zero attached hydrogens (tertiary/aromatic N) is 2. The molecule has 4 nitrogen and oxygen atoms in total. The van der Waals surface area contributed by atoms with E-state index in [2.05, 4.69) is 10.3 Å². The molecule has 0 amide bonds. The highest BCUT2D eigenvalue weighted by Crippen LogP contribution is 2.26. The van der Waals surface area contributed by atoms with E-state index in [1.807, 2.05) is 6.07 Å². The van der Waals surface area contributed by atoms with Crippen molar-refractivity contribution in [2.24, 2.45) is 0 Å². The number of benzene rings is 1. The molecule has 16 heavy (non-hydrogen) atoms. The molecule has 1 heterocycles. The fraction of sp³-hybridized carbons (Fsp3) is 0.0909. The first-order valence-corrected chi connectivity index (χ1v) is 4.60. The minimum atomic E-state index is -0.434. The van der Waals surface area contributed by atoms with Crippen LogP contribution in [0.3, 0.4) is 0 Å². The second kappa shape index (κ2) is 4.03. The van der Waals surface area contributed by atoms with Gasteiger partial charge in [-0.3, -0.25) is 0 Å². The summed E-state index contributed by atoms with van der Waals surface area (Å²) in [6.45, 7) is 0. The van der Waals surface area contributed by atoms with E-state index in [0.29, 0.717) is 0 Å². The lowest BCUT2D eigenvalue weighted by Gasteiger charge is -1.96. The first kappa shape index (κ1) is 10.2. The number of hydrogen-bond acceptors (Lipinski definition) is 4. The van der Waals surface area contributed by atoms with Gasteiger partial charge < -0.3 is 9.73 Å². The highest BCUT2D eigenvalue weighted by atomic mass is 19.1. The zero-order chi connectivity index (χ0) is 11.5. The second-order valence-electron chi connectivity index (χ2n) is 3.04. The third kappa shape index (κ3) is 1.61. The molecule has 0 atom stereocenters. The number of nitrogens with one attached hydrogen (secondary N) is 1. The molecule has 0 unspecified atom stereocenters. The first-order valence-electron chi connectivity index (χ1n) is 4.60. The maximum Gasteiger partial charge on any atom is 0.233 e. The van der Waals surface area contributed by atoms with Gasteiger partial charge in [0.1, 0.15) is 11.9 Å². The summed E-state index contributed by atoms with van der Waals surface area (Å²) in [7, 11) is 1.60. The Bertz CT molecular complexity index is 557. The third-order valence-electron chi connectivity index (χ3n) is 2.06. The molecule has 1 aromatic carbocycles. The van der Waals surface area contributed by atoms with Crippen LogP contribution in [0, 0.1) is 17.1 Å². The maximum atomic E-state index is 13.4. The van der Waals surface area contributed by atoms with Crippen molar-refractivity contribution in [1.82, 2.24) is 4.98 Å². The van der Waals surface area contributed by atoms with Crippen LogP contribution in [0.5, 0.6) is 0 Å². The van der Waals surface area contributed by atoms with E-state index in [4.69, 9.17) is 9.68 Å². The van der Waals surface area contributed by atoms with Crippen molar-refractivity contribution in [3.05, 3.63) is 35.8 Å². The summed E-state index contributed by atoms with van der Waals surface area (Å²) in [5.74, 6) is -0.101. The van der Waals surface area contributed by atoms with Gasteiger partial charge in [-0.25, -0.2) is 4.39 Å². The molecule has 80 valence electrons. The number of aromatic nitrogens is 1. The predicted octanol–water partition coefficient (Wildman–Crippen LogP) is 2.39. The number of oxazole rings is 1. The van der Waals surface area contributed by atoms with Crippen LogP contribution >= 0.6 is 0 Å². The first-order chi connectivity index (χ1) is 7.76. The minimum absolute atomic E-state index is 0.0963. The predicted molar refractivity (Wildman–Crippen MR) is 56.2 cm³/mol. The Labute approximate surface area is 91.3 Å². The summed E-state index contributed by atoms with van der Waals surface area (Å²) in [4.78, 5) is 3.90. The topological polar surface area (TPSA) is 61.9 Å². The molecule has 2 aromatic rings. The van der Waals surface area contributed by atoms with Gasteiger partial charge in [0, 0.05) is 7.05 Å². The number of nitriles is 1. The van der Waals surface area contributed by atoms with Gasteiger partial charge in [0.25, 0.3) is 0 Å². The van der Waals surface area contributed by atoms with Crippen LogP contribution in [-0.4, -0.2) is 12.0 Å². The standard InChI is InChI=1S/C11H8FN3O/c1-14-11-9(6-13)15-10(16-11)7-4-2-3-5-8(7)12/h2-5,14H,1H3. The number of rotatable bonds is 2. The zero-order valence-electron chi connectivity index (χ0n) is 8.49. The summed E-state index contributed by atoms with van der Waals surface area (Å²) in [5.41, 5.74) is 0.348. The fourth-order valence-electron chi connectivity index (χ4n) is 1.32. The molecule has 0 aliphatic heterocycles. The van der Waals surface area contributed by atoms with Gasteiger partial charge in [-0.05, 0) is 12.1 Å². The lowest BCUT2D eigenvalue weighted by molar-refractivity contribution is 0.574. The van der Waals surface area contributed by atoms with Crippen molar-refractivity contribution in [3.63, 3.8) is 0 Å². The average molecular weight is 217 g/mol. The van der Waals surface area contributed by atoms with Gasteiger partial charge in [-0.1, -0.05) is 12.1 Å². The van der Waals surface area contributed by atoms with E-state index >= 15 is 0 Å². The molecule has 0 bridgehead atoms. The quantitative estimate of drug-likeness (QED) is 0.838. The molecule has 0 radical (unpaired) electrons. The largest absolute Gasteiger partial charge is 0.419 e. The Morgan fingerprint density at radius 2 is 2.19 bits per heavy atom. The van der Waals surface area contributed by atoms with Crippen molar-refractivity contribution in [2.75, 3.05) is 12.4 Å². The molecule has 0 fully saturated rings. The Morgan fingerprint density at radius 3 is 2.75 bits per heavy atom. The van der Waals surface area contributed by atoms with E-state index in [0.717, 1.165) is 0 Å². The molecule has 1 aromatic heterocycles. The number of anilines is 1. The highest BCUT2D eigenvalue weighted by molar-refractivity contribution is 5.59. The summed E-state index contributed by atoms with van der Waals surface area (Å²) in [5, 5.41) is 11.5. The van der Waals surface area contributed by atoms with Crippen LogP contribution in [-0.2, 0) is 0 Å². The third-order valence-corrected chi connectivity index (χ3v) is 2.06. The summed E-state index contributed by atoms with van der Waals surface area (Å²) >= 11 is 0. The van der Waals surface area contributed by atoms with Crippen LogP contribution in [0.1, 0.15) is 5.69 Å². The van der Waals surface area contributed by atoms with Crippen molar-refractivity contribution < 1.29 is 8.81 Å². The van der Waals surface area contributed by atoms with Crippen LogP contribution in [0.4, 0.5) is 10.3 Å². The Balaban J connectivity index is 2.54. The molecule has 0 saturated carbocycles. The summed E-state index contributed by atoms with van der Waals surface area (Å²) in [6.07, 6.45) is 0. The van der Waals surface area contributed by atoms with Gasteiger partial charge in [-0.2, -0.15) is 10.2 Å². The lowest BCUT2D eigenvalue weighted by Crippen LogP contribution is -1.87. The van der Waals surface area contributed by atoms with E-state index < -0.39 is 5.82 Å². The molecule has 5 heteroatoms. The Morgan fingerprint density at radius 1 is 1.44 bits per heavy atom. The van der Waals surface area contributed by atoms with Crippen LogP contribution in [0.15, 0.2) is 28.7 Å². The normalized spacial score (nSPS) is 9.81. The molecular weight excluding hydrogens is 209 g/mol. The van der Waals surface area contributed by atoms with Gasteiger partial charge in [0.05, 0.1) is 5.56 Å².